The largest absolute Gasteiger partial charge is 0.391 e. The molecule has 18 heavy (non-hydrogen) atoms. The quantitative estimate of drug-likeness (QED) is 0.692. The summed E-state index contributed by atoms with van der Waals surface area (Å²) < 4.78 is 0.918. The molecule has 2 rings (SSSR count). The number of nitrogens with one attached hydrogen (secondary N) is 2. The molecule has 4 nitrogen and oxygen atoms in total. The maximum Gasteiger partial charge on any atom is 0.251 e. The number of aliphatic hydroxyl groups is 1. The van der Waals surface area contributed by atoms with E-state index in [9.17, 15) is 9.90 Å². The van der Waals surface area contributed by atoms with Crippen molar-refractivity contribution < 1.29 is 9.90 Å². The van der Waals surface area contributed by atoms with Crippen molar-refractivity contribution in [2.75, 3.05) is 19.6 Å². The van der Waals surface area contributed by atoms with Crippen molar-refractivity contribution >= 4 is 40.1 Å². The molecule has 1 aliphatic heterocycles. The third-order valence-corrected chi connectivity index (χ3v) is 4.58. The van der Waals surface area contributed by atoms with Gasteiger partial charge in [0, 0.05) is 34.7 Å². The molecule has 98 valence electrons. The number of aliphatic hydroxyl groups excluding tert-OH is 1. The molecule has 2 atom stereocenters. The topological polar surface area (TPSA) is 61.4 Å². The molecule has 1 amide bonds. The summed E-state index contributed by atoms with van der Waals surface area (Å²) >= 11 is 8.09. The second kappa shape index (κ2) is 6.18. The Morgan fingerprint density at radius 2 is 2.33 bits per heavy atom. The van der Waals surface area contributed by atoms with E-state index >= 15 is 0 Å². The van der Waals surface area contributed by atoms with E-state index < -0.39 is 0 Å². The lowest BCUT2D eigenvalue weighted by atomic mass is 10.1. The van der Waals surface area contributed by atoms with Crippen molar-refractivity contribution in [2.24, 2.45) is 5.92 Å². The standard InChI is InChI=1S/C12H14ClIN2O2/c13-9-3-7(1-2-10(9)14)12(18)16-5-8-4-15-6-11(8)17/h1-3,8,11,15,17H,4-6H2,(H,16,18). The Morgan fingerprint density at radius 3 is 2.94 bits per heavy atom. The fraction of sp³-hybridized carbons (Fsp3) is 0.417. The van der Waals surface area contributed by atoms with E-state index in [1.807, 2.05) is 6.07 Å². The molecule has 6 heteroatoms. The summed E-state index contributed by atoms with van der Waals surface area (Å²) in [5.41, 5.74) is 0.542. The maximum atomic E-state index is 11.9. The molecule has 3 N–H and O–H groups in total. The highest BCUT2D eigenvalue weighted by Crippen LogP contribution is 2.19. The van der Waals surface area contributed by atoms with Gasteiger partial charge in [-0.3, -0.25) is 4.79 Å². The van der Waals surface area contributed by atoms with Crippen molar-refractivity contribution in [3.8, 4) is 0 Å². The van der Waals surface area contributed by atoms with Crippen LogP contribution in [0.1, 0.15) is 10.4 Å². The summed E-state index contributed by atoms with van der Waals surface area (Å²) in [7, 11) is 0. The molecule has 0 spiro atoms. The zero-order valence-electron chi connectivity index (χ0n) is 9.62. The monoisotopic (exact) mass is 380 g/mol. The van der Waals surface area contributed by atoms with Crippen molar-refractivity contribution in [1.29, 1.82) is 0 Å². The molecule has 0 saturated carbocycles. The molecule has 1 heterocycles. The highest BCUT2D eigenvalue weighted by atomic mass is 127. The summed E-state index contributed by atoms with van der Waals surface area (Å²) in [5, 5.41) is 16.1. The van der Waals surface area contributed by atoms with Crippen molar-refractivity contribution in [3.63, 3.8) is 0 Å². The fourth-order valence-corrected chi connectivity index (χ4v) is 2.41. The average molecular weight is 381 g/mol. The first-order valence-corrected chi connectivity index (χ1v) is 7.15. The van der Waals surface area contributed by atoms with Gasteiger partial charge in [-0.2, -0.15) is 0 Å². The van der Waals surface area contributed by atoms with E-state index in [4.69, 9.17) is 11.6 Å². The highest BCUT2D eigenvalue weighted by molar-refractivity contribution is 14.1. The second-order valence-electron chi connectivity index (χ2n) is 4.32. The first-order chi connectivity index (χ1) is 8.58. The molecule has 0 radical (unpaired) electrons. The Kier molecular flexibility index (Phi) is 4.83. The van der Waals surface area contributed by atoms with Gasteiger partial charge in [0.15, 0.2) is 0 Å². The van der Waals surface area contributed by atoms with E-state index in [0.29, 0.717) is 23.7 Å². The minimum atomic E-state index is -0.384. The molecule has 0 bridgehead atoms. The molecule has 1 aromatic rings. The molecular weight excluding hydrogens is 367 g/mol. The van der Waals surface area contributed by atoms with Crippen molar-refractivity contribution in [3.05, 3.63) is 32.4 Å². The first kappa shape index (κ1) is 14.0. The lowest BCUT2D eigenvalue weighted by Crippen LogP contribution is -2.34. The van der Waals surface area contributed by atoms with Gasteiger partial charge in [-0.05, 0) is 40.8 Å². The molecule has 0 aliphatic carbocycles. The van der Waals surface area contributed by atoms with Gasteiger partial charge in [0.25, 0.3) is 5.91 Å². The second-order valence-corrected chi connectivity index (χ2v) is 5.89. The Bertz CT molecular complexity index is 456. The highest BCUT2D eigenvalue weighted by Gasteiger charge is 2.25. The van der Waals surface area contributed by atoms with E-state index in [2.05, 4.69) is 33.2 Å². The lowest BCUT2D eigenvalue weighted by Gasteiger charge is -2.14. The van der Waals surface area contributed by atoms with Crippen LogP contribution in [0.15, 0.2) is 18.2 Å². The minimum absolute atomic E-state index is 0.0771. The smallest absolute Gasteiger partial charge is 0.251 e. The molecule has 1 saturated heterocycles. The number of halogens is 2. The van der Waals surface area contributed by atoms with Gasteiger partial charge in [-0.25, -0.2) is 0 Å². The van der Waals surface area contributed by atoms with Crippen LogP contribution in [0.2, 0.25) is 5.02 Å². The van der Waals surface area contributed by atoms with E-state index in [1.54, 1.807) is 12.1 Å². The summed E-state index contributed by atoms with van der Waals surface area (Å²) in [4.78, 5) is 11.9. The summed E-state index contributed by atoms with van der Waals surface area (Å²) in [6, 6.07) is 5.21. The van der Waals surface area contributed by atoms with Gasteiger partial charge in [0.1, 0.15) is 0 Å². The Morgan fingerprint density at radius 1 is 1.56 bits per heavy atom. The van der Waals surface area contributed by atoms with Gasteiger partial charge < -0.3 is 15.7 Å². The molecule has 1 aromatic carbocycles. The Hall–Kier alpha value is -0.370. The minimum Gasteiger partial charge on any atom is -0.391 e. The average Bonchev–Trinajstić information content (AvgIpc) is 2.75. The third-order valence-electron chi connectivity index (χ3n) is 3.01. The number of hydrogen-bond acceptors (Lipinski definition) is 3. The predicted octanol–water partition coefficient (Wildman–Crippen LogP) is 1.25. The van der Waals surface area contributed by atoms with Gasteiger partial charge in [0.05, 0.1) is 11.1 Å². The number of rotatable bonds is 3. The Labute approximate surface area is 124 Å². The number of hydrogen-bond donors (Lipinski definition) is 3. The van der Waals surface area contributed by atoms with Crippen LogP contribution in [-0.2, 0) is 0 Å². The van der Waals surface area contributed by atoms with Crippen molar-refractivity contribution in [1.82, 2.24) is 10.6 Å². The SMILES string of the molecule is O=C(NCC1CNCC1O)c1ccc(I)c(Cl)c1. The molecule has 1 aliphatic rings. The molecular formula is C12H14ClIN2O2. The van der Waals surface area contributed by atoms with E-state index in [-0.39, 0.29) is 17.9 Å². The van der Waals surface area contributed by atoms with Crippen LogP contribution in [-0.4, -0.2) is 36.8 Å². The van der Waals surface area contributed by atoms with Gasteiger partial charge in [-0.15, -0.1) is 0 Å². The van der Waals surface area contributed by atoms with Gasteiger partial charge in [0.2, 0.25) is 0 Å². The van der Waals surface area contributed by atoms with E-state index in [0.717, 1.165) is 10.1 Å². The van der Waals surface area contributed by atoms with Gasteiger partial charge >= 0.3 is 0 Å². The Balaban J connectivity index is 1.93. The summed E-state index contributed by atoms with van der Waals surface area (Å²) in [5.74, 6) is -0.0827. The number of β-amino-alcohol motifs (C(OH)–C–C–N with tert-alkyl or cyclic N) is 1. The van der Waals surface area contributed by atoms with Crippen LogP contribution in [0.25, 0.3) is 0 Å². The summed E-state index contributed by atoms with van der Waals surface area (Å²) in [6.07, 6.45) is -0.384. The summed E-state index contributed by atoms with van der Waals surface area (Å²) in [6.45, 7) is 1.79. The lowest BCUT2D eigenvalue weighted by molar-refractivity contribution is 0.0927. The molecule has 2 unspecified atom stereocenters. The molecule has 1 fully saturated rings. The predicted molar refractivity (Wildman–Crippen MR) is 78.9 cm³/mol. The first-order valence-electron chi connectivity index (χ1n) is 5.70. The van der Waals surface area contributed by atoms with Crippen molar-refractivity contribution in [2.45, 2.75) is 6.10 Å². The normalized spacial score (nSPS) is 23.1. The van der Waals surface area contributed by atoms with Crippen LogP contribution in [0.4, 0.5) is 0 Å². The third kappa shape index (κ3) is 3.34. The van der Waals surface area contributed by atoms with Gasteiger partial charge in [-0.1, -0.05) is 11.6 Å². The van der Waals surface area contributed by atoms with Crippen LogP contribution >= 0.6 is 34.2 Å². The zero-order valence-corrected chi connectivity index (χ0v) is 12.5. The number of amides is 1. The number of carbonyl (C=O) groups is 1. The zero-order chi connectivity index (χ0) is 13.1. The molecule has 0 aromatic heterocycles. The maximum absolute atomic E-state index is 11.9. The van der Waals surface area contributed by atoms with Crippen LogP contribution in [0, 0.1) is 9.49 Å². The van der Waals surface area contributed by atoms with Crippen LogP contribution in [0.5, 0.6) is 0 Å². The number of benzene rings is 1. The number of carbonyl (C=O) groups excluding carboxylic acids is 1. The fourth-order valence-electron chi connectivity index (χ4n) is 1.89. The van der Waals surface area contributed by atoms with E-state index in [1.165, 1.54) is 0 Å². The van der Waals surface area contributed by atoms with Crippen LogP contribution in [0.3, 0.4) is 0 Å². The van der Waals surface area contributed by atoms with Crippen LogP contribution < -0.4 is 10.6 Å².